The molecule has 1 rings (SSSR count). The fourth-order valence-corrected chi connectivity index (χ4v) is 38.2. The Balaban J connectivity index is -0.000000497. The van der Waals surface area contributed by atoms with Crippen molar-refractivity contribution in [2.75, 3.05) is 39.6 Å². The molecule has 1 aliphatic rings. The summed E-state index contributed by atoms with van der Waals surface area (Å²) in [6.45, 7) is 49.8. The van der Waals surface area contributed by atoms with Crippen molar-refractivity contribution in [2.45, 2.75) is 258 Å². The second-order valence-electron chi connectivity index (χ2n) is 24.4. The van der Waals surface area contributed by atoms with Crippen molar-refractivity contribution >= 4 is 74.4 Å². The molecular formula is C55H121NO13Si6. The fraction of sp³-hybridized carbons (Fsp3) is 0.855. The zero-order chi connectivity index (χ0) is 55.0. The summed E-state index contributed by atoms with van der Waals surface area (Å²) in [5.41, 5.74) is 0.597. The second kappa shape index (κ2) is 38.0. The number of amides is 1. The van der Waals surface area contributed by atoms with Gasteiger partial charge in [-0.1, -0.05) is 103 Å². The van der Waals surface area contributed by atoms with Gasteiger partial charge in [-0.15, -0.1) is 0 Å². The molecule has 1 fully saturated rings. The number of nitrogens with one attached hydrogen (secondary N) is 1. The van der Waals surface area contributed by atoms with Crippen molar-refractivity contribution in [3.63, 3.8) is 0 Å². The first-order valence-electron chi connectivity index (χ1n) is 26.5. The molecule has 0 aromatic carbocycles. The predicted octanol–water partition coefficient (Wildman–Crippen LogP) is 16.1. The average Bonchev–Trinajstić information content (AvgIpc) is 3.18. The molecule has 0 saturated heterocycles. The number of unbranched alkanes of at least 4 members (excludes halogenated alkanes) is 2. The van der Waals surface area contributed by atoms with E-state index in [1.54, 1.807) is 13.8 Å². The van der Waals surface area contributed by atoms with Crippen LogP contribution in [-0.4, -0.2) is 120 Å². The number of hydrogen-bond donors (Lipinski definition) is 1. The van der Waals surface area contributed by atoms with Gasteiger partial charge in [0.1, 0.15) is 19.8 Å². The Morgan fingerprint density at radius 1 is 0.520 bits per heavy atom. The van der Waals surface area contributed by atoms with Crippen LogP contribution in [0.25, 0.3) is 0 Å². The van der Waals surface area contributed by atoms with Crippen molar-refractivity contribution in [3.05, 3.63) is 24.3 Å². The van der Waals surface area contributed by atoms with Crippen molar-refractivity contribution in [2.24, 2.45) is 10.8 Å². The molecular weight excluding hydrogens is 1050 g/mol. The Morgan fingerprint density at radius 3 is 1.31 bits per heavy atom. The van der Waals surface area contributed by atoms with Gasteiger partial charge in [-0.2, -0.15) is 0 Å². The highest BCUT2D eigenvalue weighted by molar-refractivity contribution is 6.88. The fourth-order valence-electron chi connectivity index (χ4n) is 9.82. The highest BCUT2D eigenvalue weighted by Crippen LogP contribution is 2.48. The summed E-state index contributed by atoms with van der Waals surface area (Å²) < 4.78 is 53.0. The zero-order valence-corrected chi connectivity index (χ0v) is 54.6. The number of carbonyl (C=O) groups excluding carboxylic acids is 4. The number of rotatable bonds is 34. The Bertz CT molecular complexity index is 1660. The number of ether oxygens (including phenoxy) is 5. The lowest BCUT2D eigenvalue weighted by Crippen LogP contribution is -2.52. The van der Waals surface area contributed by atoms with Gasteiger partial charge in [0, 0.05) is 30.2 Å². The van der Waals surface area contributed by atoms with Gasteiger partial charge in [0.25, 0.3) is 0 Å². The molecule has 0 bridgehead atoms. The maximum atomic E-state index is 12.6. The smallest absolute Gasteiger partial charge is 0.407 e. The van der Waals surface area contributed by atoms with Crippen LogP contribution in [0.3, 0.4) is 0 Å². The molecule has 1 amide bonds. The van der Waals surface area contributed by atoms with E-state index >= 15 is 0 Å². The lowest BCUT2D eigenvalue weighted by Gasteiger charge is -2.46. The Kier molecular flexibility index (Phi) is 41.6. The summed E-state index contributed by atoms with van der Waals surface area (Å²) in [6, 6.07) is 4.27. The van der Waals surface area contributed by atoms with E-state index in [-0.39, 0.29) is 84.8 Å². The molecule has 0 aromatic rings. The largest absolute Gasteiger partial charge is 0.462 e. The molecule has 2 atom stereocenters. The number of carbonyl (C=O) groups is 4. The highest BCUT2D eigenvalue weighted by Gasteiger charge is 2.43. The first-order chi connectivity index (χ1) is 32.4. The molecule has 0 aromatic heterocycles. The van der Waals surface area contributed by atoms with Gasteiger partial charge in [0.05, 0.1) is 13.2 Å². The third-order valence-corrected chi connectivity index (χ3v) is 34.9. The van der Waals surface area contributed by atoms with Crippen LogP contribution in [0.1, 0.15) is 149 Å². The number of esters is 3. The first kappa shape index (κ1) is 82.1. The molecule has 0 spiro atoms. The zero-order valence-electron chi connectivity index (χ0n) is 48.6. The van der Waals surface area contributed by atoms with E-state index in [0.717, 1.165) is 44.2 Å². The topological polar surface area (TPSA) is 163 Å². The van der Waals surface area contributed by atoms with Crippen LogP contribution < -0.4 is 5.32 Å². The predicted molar refractivity (Wildman–Crippen MR) is 331 cm³/mol. The molecule has 1 aliphatic carbocycles. The van der Waals surface area contributed by atoms with Crippen LogP contribution in [0.5, 0.6) is 0 Å². The van der Waals surface area contributed by atoms with Crippen molar-refractivity contribution in [3.8, 4) is 0 Å². The van der Waals surface area contributed by atoms with Crippen LogP contribution in [0.15, 0.2) is 24.3 Å². The van der Waals surface area contributed by atoms with E-state index in [2.05, 4.69) is 132 Å². The van der Waals surface area contributed by atoms with E-state index in [1.165, 1.54) is 37.8 Å². The minimum absolute atomic E-state index is 0. The summed E-state index contributed by atoms with van der Waals surface area (Å²) in [4.78, 5) is 47.8. The SMILES string of the molecule is C.C.C.C.C=C(C)C(=O)OCCC[Si](C)(C)O[Si](C)(C)O[Si](C)(C)CCCC.C=C(C)C(=O)OCCOC(=O)CCC1(C)CC(NC(=O)OCCOCCC[Si](C)(C)O[Si](C)(C)O[Si](C)(C)CCCC)CC(C)(C)C1. The van der Waals surface area contributed by atoms with Gasteiger partial charge < -0.3 is 45.5 Å². The lowest BCUT2D eigenvalue weighted by molar-refractivity contribution is -0.150. The third kappa shape index (κ3) is 41.9. The molecule has 0 radical (unpaired) electrons. The van der Waals surface area contributed by atoms with Gasteiger partial charge in [0.2, 0.25) is 0 Å². The summed E-state index contributed by atoms with van der Waals surface area (Å²) in [7, 11) is -11.4. The lowest BCUT2D eigenvalue weighted by atomic mass is 9.61. The molecule has 2 unspecified atom stereocenters. The van der Waals surface area contributed by atoms with Gasteiger partial charge in [-0.3, -0.25) is 4.79 Å². The average molecular weight is 1170 g/mol. The molecule has 20 heteroatoms. The molecule has 1 saturated carbocycles. The minimum atomic E-state index is -2.20. The standard InChI is InChI=1S/C34H67NO9Si3.C17H38O4Si3.4CH4/c1-13-14-23-45(7,8)43-47(11,12)44-46(9,10)24-15-18-39-19-20-42-32(38)35-29-25-33(4,5)27-34(6,26-29)17-16-30(36)40-21-22-41-31(37)28(2)3;1-10-11-14-22(4,5)20-24(8,9)21-23(6,7)15-12-13-19-17(18)16(2)3;;;;/h29H,2,13-27H2,1,3-12H3,(H,35,38);2,10-15H2,1,3-9H3;4*1H4. The van der Waals surface area contributed by atoms with Crippen molar-refractivity contribution < 1.29 is 59.3 Å². The monoisotopic (exact) mass is 1170 g/mol. The Morgan fingerprint density at radius 2 is 0.893 bits per heavy atom. The first-order valence-corrected chi connectivity index (χ1v) is 44.6. The summed E-state index contributed by atoms with van der Waals surface area (Å²) >= 11 is 0. The molecule has 75 heavy (non-hydrogen) atoms. The van der Waals surface area contributed by atoms with E-state index < -0.39 is 62.5 Å². The van der Waals surface area contributed by atoms with E-state index in [0.29, 0.717) is 37.4 Å². The van der Waals surface area contributed by atoms with Crippen LogP contribution >= 0.6 is 0 Å². The van der Waals surface area contributed by atoms with Gasteiger partial charge in [-0.25, -0.2) is 14.4 Å². The maximum absolute atomic E-state index is 12.6. The van der Waals surface area contributed by atoms with Crippen molar-refractivity contribution in [1.29, 1.82) is 0 Å². The quantitative estimate of drug-likeness (QED) is 0.0213. The highest BCUT2D eigenvalue weighted by atomic mass is 28.5. The number of hydrogen-bond acceptors (Lipinski definition) is 13. The summed E-state index contributed by atoms with van der Waals surface area (Å²) in [5.74, 6) is -1.14. The van der Waals surface area contributed by atoms with Crippen LogP contribution in [0, 0.1) is 10.8 Å². The number of alkyl carbamates (subject to hydrolysis) is 1. The van der Waals surface area contributed by atoms with Gasteiger partial charge >= 0.3 is 41.1 Å². The van der Waals surface area contributed by atoms with Gasteiger partial charge in [0.15, 0.2) is 33.3 Å². The van der Waals surface area contributed by atoms with Crippen LogP contribution in [-0.2, 0) is 54.5 Å². The third-order valence-electron chi connectivity index (χ3n) is 12.0. The van der Waals surface area contributed by atoms with Crippen LogP contribution in [0.4, 0.5) is 4.79 Å². The maximum Gasteiger partial charge on any atom is 0.407 e. The molecule has 14 nitrogen and oxygen atoms in total. The Labute approximate surface area is 469 Å². The molecule has 0 heterocycles. The van der Waals surface area contributed by atoms with E-state index in [9.17, 15) is 19.2 Å². The van der Waals surface area contributed by atoms with E-state index in [4.69, 9.17) is 40.1 Å². The van der Waals surface area contributed by atoms with E-state index in [1.807, 2.05) is 0 Å². The molecule has 448 valence electrons. The second-order valence-corrected chi connectivity index (χ2v) is 49.3. The van der Waals surface area contributed by atoms with Gasteiger partial charge in [-0.05, 0) is 166 Å². The normalized spacial score (nSPS) is 16.7. The minimum Gasteiger partial charge on any atom is -0.462 e. The summed E-state index contributed by atoms with van der Waals surface area (Å²) in [6.07, 6.45) is 9.55. The molecule has 1 N–H and O–H groups in total. The van der Waals surface area contributed by atoms with Crippen molar-refractivity contribution in [1.82, 2.24) is 5.32 Å². The van der Waals surface area contributed by atoms with Crippen LogP contribution in [0.2, 0.25) is 103 Å². The summed E-state index contributed by atoms with van der Waals surface area (Å²) in [5, 5.41) is 3.05. The molecule has 0 aliphatic heterocycles. The Hall–Kier alpha value is -1.74.